The lowest BCUT2D eigenvalue weighted by atomic mass is 9.94. The van der Waals surface area contributed by atoms with E-state index < -0.39 is 0 Å². The van der Waals surface area contributed by atoms with Crippen LogP contribution >= 0.6 is 24.2 Å². The zero-order valence-electron chi connectivity index (χ0n) is 11.2. The van der Waals surface area contributed by atoms with Crippen molar-refractivity contribution in [2.24, 2.45) is 5.92 Å². The Morgan fingerprint density at radius 2 is 2.11 bits per heavy atom. The first kappa shape index (κ1) is 16.1. The summed E-state index contributed by atoms with van der Waals surface area (Å²) in [4.78, 5) is 14.3. The molecule has 0 aromatic rings. The van der Waals surface area contributed by atoms with Crippen molar-refractivity contribution in [2.75, 3.05) is 31.9 Å². The molecule has 2 saturated heterocycles. The van der Waals surface area contributed by atoms with Gasteiger partial charge < -0.3 is 10.2 Å². The summed E-state index contributed by atoms with van der Waals surface area (Å²) in [7, 11) is 0. The molecule has 2 heterocycles. The minimum absolute atomic E-state index is 0. The van der Waals surface area contributed by atoms with Crippen LogP contribution in [0.5, 0.6) is 0 Å². The van der Waals surface area contributed by atoms with Gasteiger partial charge >= 0.3 is 0 Å². The van der Waals surface area contributed by atoms with Gasteiger partial charge in [0.05, 0.1) is 0 Å². The van der Waals surface area contributed by atoms with Crippen LogP contribution in [0.25, 0.3) is 0 Å². The standard InChI is InChI=1S/C13H24N2OS.ClH/c1-2-12-10-15(7-8-17-12)13(16)9-11-3-5-14-6-4-11;/h11-12,14H,2-10H2,1H3;1H. The van der Waals surface area contributed by atoms with E-state index in [1.807, 2.05) is 11.8 Å². The molecule has 2 aliphatic heterocycles. The zero-order valence-corrected chi connectivity index (χ0v) is 12.8. The predicted molar refractivity (Wildman–Crippen MR) is 80.6 cm³/mol. The molecule has 1 unspecified atom stereocenters. The molecule has 0 spiro atoms. The maximum atomic E-state index is 12.2. The molecule has 106 valence electrons. The minimum atomic E-state index is 0. The molecule has 0 aliphatic carbocycles. The normalized spacial score (nSPS) is 25.6. The van der Waals surface area contributed by atoms with Crippen molar-refractivity contribution in [3.05, 3.63) is 0 Å². The fourth-order valence-electron chi connectivity index (χ4n) is 2.65. The van der Waals surface area contributed by atoms with Gasteiger partial charge in [-0.05, 0) is 38.3 Å². The van der Waals surface area contributed by atoms with E-state index in [-0.39, 0.29) is 12.4 Å². The van der Waals surface area contributed by atoms with Gasteiger partial charge in [-0.15, -0.1) is 12.4 Å². The molecule has 2 aliphatic rings. The van der Waals surface area contributed by atoms with E-state index >= 15 is 0 Å². The van der Waals surface area contributed by atoms with Crippen molar-refractivity contribution in [3.8, 4) is 0 Å². The molecule has 2 fully saturated rings. The summed E-state index contributed by atoms with van der Waals surface area (Å²) >= 11 is 2.03. The molecule has 5 heteroatoms. The number of carbonyl (C=O) groups excluding carboxylic acids is 1. The van der Waals surface area contributed by atoms with Crippen molar-refractivity contribution in [3.63, 3.8) is 0 Å². The molecule has 1 amide bonds. The van der Waals surface area contributed by atoms with Crippen LogP contribution in [0, 0.1) is 5.92 Å². The SMILES string of the molecule is CCC1CN(C(=O)CC2CCNCC2)CCS1.Cl. The molecule has 0 bridgehead atoms. The van der Waals surface area contributed by atoms with Crippen LogP contribution in [-0.4, -0.2) is 48.0 Å². The largest absolute Gasteiger partial charge is 0.341 e. The Hall–Kier alpha value is 0.0700. The number of hydrogen-bond donors (Lipinski definition) is 1. The Morgan fingerprint density at radius 3 is 2.78 bits per heavy atom. The summed E-state index contributed by atoms with van der Waals surface area (Å²) in [5.41, 5.74) is 0. The van der Waals surface area contributed by atoms with Gasteiger partial charge in [0.25, 0.3) is 0 Å². The van der Waals surface area contributed by atoms with E-state index in [1.54, 1.807) is 0 Å². The summed E-state index contributed by atoms with van der Waals surface area (Å²) in [5, 5.41) is 4.02. The Kier molecular flexibility index (Phi) is 7.42. The molecule has 0 aromatic heterocycles. The fourth-order valence-corrected chi connectivity index (χ4v) is 3.83. The monoisotopic (exact) mass is 292 g/mol. The topological polar surface area (TPSA) is 32.3 Å². The second-order valence-electron chi connectivity index (χ2n) is 5.14. The van der Waals surface area contributed by atoms with Crippen molar-refractivity contribution in [1.82, 2.24) is 10.2 Å². The van der Waals surface area contributed by atoms with Crippen molar-refractivity contribution >= 4 is 30.1 Å². The van der Waals surface area contributed by atoms with Crippen LogP contribution in [0.3, 0.4) is 0 Å². The lowest BCUT2D eigenvalue weighted by Crippen LogP contribution is -2.43. The van der Waals surface area contributed by atoms with E-state index in [4.69, 9.17) is 0 Å². The highest BCUT2D eigenvalue weighted by atomic mass is 35.5. The molecular weight excluding hydrogens is 268 g/mol. The molecular formula is C13H25ClN2OS. The average molecular weight is 293 g/mol. The Labute approximate surface area is 121 Å². The van der Waals surface area contributed by atoms with Gasteiger partial charge in [-0.25, -0.2) is 0 Å². The third-order valence-electron chi connectivity index (χ3n) is 3.87. The van der Waals surface area contributed by atoms with E-state index in [1.165, 1.54) is 19.3 Å². The first-order valence-corrected chi connectivity index (χ1v) is 7.94. The number of halogens is 1. The summed E-state index contributed by atoms with van der Waals surface area (Å²) in [5.74, 6) is 2.14. The third-order valence-corrected chi connectivity index (χ3v) is 5.24. The van der Waals surface area contributed by atoms with Crippen molar-refractivity contribution in [2.45, 2.75) is 37.9 Å². The average Bonchev–Trinajstić information content (AvgIpc) is 2.40. The van der Waals surface area contributed by atoms with Gasteiger partial charge in [0, 0.05) is 30.5 Å². The summed E-state index contributed by atoms with van der Waals surface area (Å²) in [6, 6.07) is 0. The first-order chi connectivity index (χ1) is 8.29. The maximum absolute atomic E-state index is 12.2. The number of nitrogens with zero attached hydrogens (tertiary/aromatic N) is 1. The van der Waals surface area contributed by atoms with Crippen LogP contribution in [0.15, 0.2) is 0 Å². The van der Waals surface area contributed by atoms with Gasteiger partial charge in [-0.1, -0.05) is 6.92 Å². The lowest BCUT2D eigenvalue weighted by molar-refractivity contribution is -0.132. The second kappa shape index (κ2) is 8.28. The highest BCUT2D eigenvalue weighted by molar-refractivity contribution is 8.00. The van der Waals surface area contributed by atoms with Crippen LogP contribution in [0.1, 0.15) is 32.6 Å². The lowest BCUT2D eigenvalue weighted by Gasteiger charge is -2.33. The van der Waals surface area contributed by atoms with Crippen LogP contribution in [0.2, 0.25) is 0 Å². The fraction of sp³-hybridized carbons (Fsp3) is 0.923. The van der Waals surface area contributed by atoms with E-state index in [0.29, 0.717) is 17.1 Å². The smallest absolute Gasteiger partial charge is 0.222 e. The van der Waals surface area contributed by atoms with Gasteiger partial charge in [0.1, 0.15) is 0 Å². The van der Waals surface area contributed by atoms with Crippen molar-refractivity contribution in [1.29, 1.82) is 0 Å². The quantitative estimate of drug-likeness (QED) is 0.865. The summed E-state index contributed by atoms with van der Waals surface area (Å²) < 4.78 is 0. The Balaban J connectivity index is 0.00000162. The Morgan fingerprint density at radius 1 is 1.39 bits per heavy atom. The molecule has 0 aromatic carbocycles. The highest BCUT2D eigenvalue weighted by Crippen LogP contribution is 2.23. The zero-order chi connectivity index (χ0) is 12.1. The molecule has 1 atom stereocenters. The maximum Gasteiger partial charge on any atom is 0.222 e. The highest BCUT2D eigenvalue weighted by Gasteiger charge is 2.25. The van der Waals surface area contributed by atoms with Gasteiger partial charge in [0.2, 0.25) is 5.91 Å². The van der Waals surface area contributed by atoms with Gasteiger partial charge in [-0.2, -0.15) is 11.8 Å². The molecule has 18 heavy (non-hydrogen) atoms. The van der Waals surface area contributed by atoms with E-state index in [9.17, 15) is 4.79 Å². The molecule has 3 nitrogen and oxygen atoms in total. The molecule has 0 radical (unpaired) electrons. The number of rotatable bonds is 3. The second-order valence-corrected chi connectivity index (χ2v) is 6.55. The number of thioether (sulfide) groups is 1. The summed E-state index contributed by atoms with van der Waals surface area (Å²) in [6.07, 6.45) is 4.31. The van der Waals surface area contributed by atoms with Crippen LogP contribution < -0.4 is 5.32 Å². The summed E-state index contributed by atoms with van der Waals surface area (Å²) in [6.45, 7) is 6.34. The van der Waals surface area contributed by atoms with Crippen LogP contribution in [-0.2, 0) is 4.79 Å². The molecule has 2 rings (SSSR count). The third kappa shape index (κ3) is 4.63. The number of hydrogen-bond acceptors (Lipinski definition) is 3. The van der Waals surface area contributed by atoms with Gasteiger partial charge in [-0.3, -0.25) is 4.79 Å². The van der Waals surface area contributed by atoms with Gasteiger partial charge in [0.15, 0.2) is 0 Å². The molecule has 1 N–H and O–H groups in total. The Bertz CT molecular complexity index is 259. The first-order valence-electron chi connectivity index (χ1n) is 6.89. The number of nitrogens with one attached hydrogen (secondary N) is 1. The van der Waals surface area contributed by atoms with E-state index in [2.05, 4.69) is 17.1 Å². The number of piperidine rings is 1. The van der Waals surface area contributed by atoms with Crippen LogP contribution in [0.4, 0.5) is 0 Å². The molecule has 0 saturated carbocycles. The minimum Gasteiger partial charge on any atom is -0.341 e. The van der Waals surface area contributed by atoms with Crippen molar-refractivity contribution < 1.29 is 4.79 Å². The predicted octanol–water partition coefficient (Wildman–Crippen LogP) is 2.15. The van der Waals surface area contributed by atoms with E-state index in [0.717, 1.165) is 38.4 Å². The number of carbonyl (C=O) groups is 1. The number of amides is 1.